The van der Waals surface area contributed by atoms with Gasteiger partial charge in [-0.25, -0.2) is 0 Å². The summed E-state index contributed by atoms with van der Waals surface area (Å²) in [5.74, 6) is 7.78. The summed E-state index contributed by atoms with van der Waals surface area (Å²) in [6.07, 6.45) is 4.30. The van der Waals surface area contributed by atoms with Gasteiger partial charge in [0, 0.05) is 31.3 Å². The molecular weight excluding hydrogens is 388 g/mol. The zero-order chi connectivity index (χ0) is 20.9. The van der Waals surface area contributed by atoms with Gasteiger partial charge in [0.1, 0.15) is 11.5 Å². The smallest absolute Gasteiger partial charge is 0.120 e. The van der Waals surface area contributed by atoms with E-state index >= 15 is 0 Å². The van der Waals surface area contributed by atoms with E-state index in [1.54, 1.807) is 17.4 Å². The lowest BCUT2D eigenvalue weighted by atomic mass is 10.1. The minimum Gasteiger partial charge on any atom is -0.508 e. The number of hydrogen-bond acceptors (Lipinski definition) is 3. The minimum atomic E-state index is 0.337. The molecule has 0 aliphatic heterocycles. The molecule has 0 bridgehead atoms. The monoisotopic (exact) mass is 414 g/mol. The van der Waals surface area contributed by atoms with Crippen molar-refractivity contribution in [3.63, 3.8) is 0 Å². The summed E-state index contributed by atoms with van der Waals surface area (Å²) in [5, 5.41) is 12.4. The van der Waals surface area contributed by atoms with Crippen LogP contribution in [-0.4, -0.2) is 11.7 Å². The Bertz CT molecular complexity index is 1240. The van der Waals surface area contributed by atoms with Crippen molar-refractivity contribution in [2.24, 2.45) is 0 Å². The fourth-order valence-corrected chi connectivity index (χ4v) is 4.73. The molecule has 2 nitrogen and oxygen atoms in total. The van der Waals surface area contributed by atoms with Crippen molar-refractivity contribution in [2.75, 3.05) is 6.61 Å². The third-order valence-corrected chi connectivity index (χ3v) is 6.39. The Morgan fingerprint density at radius 3 is 2.30 bits per heavy atom. The van der Waals surface area contributed by atoms with Crippen LogP contribution in [0.25, 0.3) is 20.2 Å². The number of aromatic hydroxyl groups is 1. The van der Waals surface area contributed by atoms with Crippen LogP contribution in [0.5, 0.6) is 11.5 Å². The maximum atomic E-state index is 9.84. The molecule has 30 heavy (non-hydrogen) atoms. The molecule has 0 spiro atoms. The first-order chi connectivity index (χ1) is 14.7. The summed E-state index contributed by atoms with van der Waals surface area (Å²) in [5.41, 5.74) is 2.84. The van der Waals surface area contributed by atoms with Crippen molar-refractivity contribution in [2.45, 2.75) is 39.5 Å². The zero-order valence-corrected chi connectivity index (χ0v) is 18.3. The summed E-state index contributed by atoms with van der Waals surface area (Å²) >= 11 is 1.78. The SMILES string of the molecule is CCCCCOc1ccc2c(c1)sc1cc(C#Cc3ccc(O)c(CC)c3)ccc12. The normalized spacial score (nSPS) is 10.9. The summed E-state index contributed by atoms with van der Waals surface area (Å²) in [6, 6.07) is 18.3. The van der Waals surface area contributed by atoms with Crippen molar-refractivity contribution in [3.8, 4) is 23.3 Å². The highest BCUT2D eigenvalue weighted by Gasteiger charge is 2.07. The van der Waals surface area contributed by atoms with E-state index < -0.39 is 0 Å². The molecule has 1 aromatic heterocycles. The maximum absolute atomic E-state index is 9.84. The molecule has 152 valence electrons. The van der Waals surface area contributed by atoms with Gasteiger partial charge in [0.15, 0.2) is 0 Å². The van der Waals surface area contributed by atoms with Crippen molar-refractivity contribution in [1.82, 2.24) is 0 Å². The van der Waals surface area contributed by atoms with Gasteiger partial charge in [0.2, 0.25) is 0 Å². The molecule has 1 heterocycles. The third kappa shape index (κ3) is 4.45. The van der Waals surface area contributed by atoms with Crippen molar-refractivity contribution < 1.29 is 9.84 Å². The average molecular weight is 415 g/mol. The summed E-state index contributed by atoms with van der Waals surface area (Å²) in [7, 11) is 0. The van der Waals surface area contributed by atoms with Gasteiger partial charge in [-0.1, -0.05) is 44.6 Å². The summed E-state index contributed by atoms with van der Waals surface area (Å²) in [6.45, 7) is 5.01. The first-order valence-corrected chi connectivity index (χ1v) is 11.4. The van der Waals surface area contributed by atoms with Crippen molar-refractivity contribution in [3.05, 3.63) is 71.3 Å². The Hall–Kier alpha value is -2.96. The Balaban J connectivity index is 1.59. The van der Waals surface area contributed by atoms with Crippen LogP contribution in [0, 0.1) is 11.8 Å². The fraction of sp³-hybridized carbons (Fsp3) is 0.259. The number of ether oxygens (including phenoxy) is 1. The van der Waals surface area contributed by atoms with Crippen LogP contribution >= 0.6 is 11.3 Å². The Kier molecular flexibility index (Phi) is 6.26. The lowest BCUT2D eigenvalue weighted by molar-refractivity contribution is 0.306. The van der Waals surface area contributed by atoms with E-state index in [0.717, 1.165) is 41.9 Å². The second-order valence-corrected chi connectivity index (χ2v) is 8.56. The number of benzene rings is 3. The quantitative estimate of drug-likeness (QED) is 0.265. The van der Waals surface area contributed by atoms with Gasteiger partial charge in [0.25, 0.3) is 0 Å². The van der Waals surface area contributed by atoms with E-state index in [2.05, 4.69) is 55.2 Å². The molecule has 3 aromatic carbocycles. The standard InChI is InChI=1S/C27H26O2S/c1-3-5-6-15-29-22-11-13-24-23-12-9-20(17-26(23)30-27(24)18-22)8-7-19-10-14-25(28)21(4-2)16-19/h9-14,16-18,28H,3-6,15H2,1-2H3. The van der Waals surface area contributed by atoms with Crippen LogP contribution in [0.4, 0.5) is 0 Å². The molecule has 4 rings (SSSR count). The average Bonchev–Trinajstić information content (AvgIpc) is 3.13. The molecule has 0 saturated carbocycles. The van der Waals surface area contributed by atoms with E-state index in [4.69, 9.17) is 4.74 Å². The third-order valence-electron chi connectivity index (χ3n) is 5.27. The topological polar surface area (TPSA) is 29.5 Å². The lowest BCUT2D eigenvalue weighted by Crippen LogP contribution is -1.96. The molecule has 0 radical (unpaired) electrons. The van der Waals surface area contributed by atoms with Gasteiger partial charge < -0.3 is 9.84 Å². The predicted octanol–water partition coefficient (Wildman–Crippen LogP) is 7.29. The Labute approximate surface area is 182 Å². The number of aryl methyl sites for hydroxylation is 1. The molecule has 1 N–H and O–H groups in total. The number of thiophene rings is 1. The molecule has 3 heteroatoms. The van der Waals surface area contributed by atoms with Crippen LogP contribution < -0.4 is 4.74 Å². The largest absolute Gasteiger partial charge is 0.508 e. The van der Waals surface area contributed by atoms with Gasteiger partial charge in [-0.2, -0.15) is 0 Å². The molecule has 0 aliphatic carbocycles. The summed E-state index contributed by atoms with van der Waals surface area (Å²) < 4.78 is 8.40. The number of unbranched alkanes of at least 4 members (excludes halogenated alkanes) is 2. The van der Waals surface area contributed by atoms with Gasteiger partial charge in [-0.15, -0.1) is 11.3 Å². The highest BCUT2D eigenvalue weighted by atomic mass is 32.1. The van der Waals surface area contributed by atoms with E-state index in [0.29, 0.717) is 5.75 Å². The molecule has 0 unspecified atom stereocenters. The first-order valence-electron chi connectivity index (χ1n) is 10.6. The van der Waals surface area contributed by atoms with E-state index in [1.807, 2.05) is 19.1 Å². The van der Waals surface area contributed by atoms with Gasteiger partial charge >= 0.3 is 0 Å². The molecule has 0 atom stereocenters. The fourth-order valence-electron chi connectivity index (χ4n) is 3.56. The highest BCUT2D eigenvalue weighted by Crippen LogP contribution is 2.36. The number of phenols is 1. The second kappa shape index (κ2) is 9.24. The van der Waals surface area contributed by atoms with E-state index in [1.165, 1.54) is 33.0 Å². The predicted molar refractivity (Wildman–Crippen MR) is 128 cm³/mol. The van der Waals surface area contributed by atoms with Crippen molar-refractivity contribution in [1.29, 1.82) is 0 Å². The van der Waals surface area contributed by atoms with Crippen molar-refractivity contribution >= 4 is 31.5 Å². The molecule has 0 amide bonds. The van der Waals surface area contributed by atoms with Crippen LogP contribution in [0.15, 0.2) is 54.6 Å². The first kappa shape index (κ1) is 20.3. The number of phenolic OH excluding ortho intramolecular Hbond substituents is 1. The molecule has 0 saturated heterocycles. The zero-order valence-electron chi connectivity index (χ0n) is 17.5. The molecule has 4 aromatic rings. The molecule has 0 aliphatic rings. The van der Waals surface area contributed by atoms with E-state index in [-0.39, 0.29) is 0 Å². The molecular formula is C27H26O2S. The second-order valence-electron chi connectivity index (χ2n) is 7.47. The van der Waals surface area contributed by atoms with Gasteiger partial charge in [-0.05, 0) is 66.9 Å². The highest BCUT2D eigenvalue weighted by molar-refractivity contribution is 7.25. The lowest BCUT2D eigenvalue weighted by Gasteiger charge is -2.05. The molecule has 0 fully saturated rings. The number of rotatable bonds is 6. The Morgan fingerprint density at radius 2 is 1.53 bits per heavy atom. The maximum Gasteiger partial charge on any atom is 0.120 e. The Morgan fingerprint density at radius 1 is 0.833 bits per heavy atom. The van der Waals surface area contributed by atoms with E-state index in [9.17, 15) is 5.11 Å². The number of hydrogen-bond donors (Lipinski definition) is 1. The summed E-state index contributed by atoms with van der Waals surface area (Å²) in [4.78, 5) is 0. The van der Waals surface area contributed by atoms with Crippen LogP contribution in [-0.2, 0) is 6.42 Å². The van der Waals surface area contributed by atoms with Gasteiger partial charge in [-0.3, -0.25) is 0 Å². The van der Waals surface area contributed by atoms with Gasteiger partial charge in [0.05, 0.1) is 6.61 Å². The minimum absolute atomic E-state index is 0.337. The van der Waals surface area contributed by atoms with Crippen LogP contribution in [0.3, 0.4) is 0 Å². The van der Waals surface area contributed by atoms with Crippen LogP contribution in [0.2, 0.25) is 0 Å². The number of fused-ring (bicyclic) bond motifs is 3. The van der Waals surface area contributed by atoms with Crippen LogP contribution in [0.1, 0.15) is 49.8 Å².